The second-order valence-corrected chi connectivity index (χ2v) is 6.72. The van der Waals surface area contributed by atoms with E-state index >= 15 is 0 Å². The number of aromatic nitrogens is 2. The van der Waals surface area contributed by atoms with Crippen molar-refractivity contribution in [3.63, 3.8) is 0 Å². The van der Waals surface area contributed by atoms with Gasteiger partial charge in [0.2, 0.25) is 11.8 Å². The Kier molecular flexibility index (Phi) is 5.05. The molecule has 146 valence electrons. The van der Waals surface area contributed by atoms with Crippen molar-refractivity contribution in [2.75, 3.05) is 37.6 Å². The van der Waals surface area contributed by atoms with E-state index in [0.29, 0.717) is 38.5 Å². The Morgan fingerprint density at radius 2 is 2.07 bits per heavy atom. The van der Waals surface area contributed by atoms with Crippen LogP contribution in [0.5, 0.6) is 5.88 Å². The lowest BCUT2D eigenvalue weighted by Crippen LogP contribution is -2.42. The summed E-state index contributed by atoms with van der Waals surface area (Å²) in [4.78, 5) is 37.7. The van der Waals surface area contributed by atoms with Gasteiger partial charge in [0.1, 0.15) is 18.5 Å². The smallest absolute Gasteiger partial charge is 0.325 e. The third kappa shape index (κ3) is 3.73. The molecule has 1 aromatic carbocycles. The van der Waals surface area contributed by atoms with Gasteiger partial charge in [-0.2, -0.15) is 0 Å². The molecular formula is C19H20FN5O3. The number of likely N-dealkylation sites (tertiary alicyclic amines) is 1. The van der Waals surface area contributed by atoms with Crippen molar-refractivity contribution in [1.29, 1.82) is 0 Å². The van der Waals surface area contributed by atoms with E-state index in [1.165, 1.54) is 22.1 Å². The molecule has 0 radical (unpaired) electrons. The van der Waals surface area contributed by atoms with E-state index in [4.69, 9.17) is 4.74 Å². The molecule has 0 unspecified atom stereocenters. The third-order valence-corrected chi connectivity index (χ3v) is 4.89. The van der Waals surface area contributed by atoms with Crippen molar-refractivity contribution in [3.05, 3.63) is 48.7 Å². The Morgan fingerprint density at radius 1 is 1.21 bits per heavy atom. The summed E-state index contributed by atoms with van der Waals surface area (Å²) in [5.41, 5.74) is 0.237. The summed E-state index contributed by atoms with van der Waals surface area (Å²) in [7, 11) is 0. The molecule has 4 rings (SSSR count). The molecule has 2 aliphatic rings. The van der Waals surface area contributed by atoms with E-state index in [0.717, 1.165) is 0 Å². The maximum absolute atomic E-state index is 14.0. The molecule has 28 heavy (non-hydrogen) atoms. The van der Waals surface area contributed by atoms with E-state index in [9.17, 15) is 14.0 Å². The number of para-hydroxylation sites is 1. The molecule has 9 heteroatoms. The molecule has 0 spiro atoms. The van der Waals surface area contributed by atoms with Crippen LogP contribution < -0.4 is 9.64 Å². The summed E-state index contributed by atoms with van der Waals surface area (Å²) in [6.45, 7) is 1.71. The Bertz CT molecular complexity index is 866. The zero-order valence-electron chi connectivity index (χ0n) is 15.2. The van der Waals surface area contributed by atoms with E-state index in [2.05, 4.69) is 9.97 Å². The normalized spacial score (nSPS) is 19.4. The van der Waals surface area contributed by atoms with E-state index < -0.39 is 5.82 Å². The number of rotatable bonds is 5. The highest BCUT2D eigenvalue weighted by Gasteiger charge is 2.35. The number of nitrogens with zero attached hydrogens (tertiary/aromatic N) is 5. The SMILES string of the molecule is O=C(CN1CCN(c2ccccc2F)C1=O)N1CC[C@@H](Oc2cnccn2)C1. The highest BCUT2D eigenvalue weighted by Crippen LogP contribution is 2.23. The number of carbonyl (C=O) groups is 2. The fraction of sp³-hybridized carbons (Fsp3) is 0.368. The molecule has 0 bridgehead atoms. The number of anilines is 1. The summed E-state index contributed by atoms with van der Waals surface area (Å²) in [5, 5.41) is 0. The van der Waals surface area contributed by atoms with E-state index in [-0.39, 0.29) is 30.3 Å². The van der Waals surface area contributed by atoms with E-state index in [1.54, 1.807) is 35.5 Å². The van der Waals surface area contributed by atoms with Crippen molar-refractivity contribution in [2.45, 2.75) is 12.5 Å². The first-order valence-corrected chi connectivity index (χ1v) is 9.13. The average molecular weight is 385 g/mol. The van der Waals surface area contributed by atoms with Gasteiger partial charge in [-0.1, -0.05) is 12.1 Å². The van der Waals surface area contributed by atoms with Crippen molar-refractivity contribution in [1.82, 2.24) is 19.8 Å². The van der Waals surface area contributed by atoms with Crippen LogP contribution >= 0.6 is 0 Å². The lowest BCUT2D eigenvalue weighted by molar-refractivity contribution is -0.130. The summed E-state index contributed by atoms with van der Waals surface area (Å²) in [5.74, 6) is -0.168. The first kappa shape index (κ1) is 18.1. The molecule has 0 saturated carbocycles. The minimum absolute atomic E-state index is 0.0261. The van der Waals surface area contributed by atoms with Crippen LogP contribution in [0.25, 0.3) is 0 Å². The van der Waals surface area contributed by atoms with Crippen LogP contribution in [0.2, 0.25) is 0 Å². The number of amides is 3. The molecule has 2 saturated heterocycles. The lowest BCUT2D eigenvalue weighted by atomic mass is 10.3. The zero-order valence-corrected chi connectivity index (χ0v) is 15.2. The molecule has 8 nitrogen and oxygen atoms in total. The minimum Gasteiger partial charge on any atom is -0.471 e. The maximum atomic E-state index is 14.0. The summed E-state index contributed by atoms with van der Waals surface area (Å²) in [6, 6.07) is 5.78. The van der Waals surface area contributed by atoms with Crippen LogP contribution in [0.15, 0.2) is 42.9 Å². The topological polar surface area (TPSA) is 78.9 Å². The van der Waals surface area contributed by atoms with Gasteiger partial charge in [-0.25, -0.2) is 14.2 Å². The van der Waals surface area contributed by atoms with Crippen molar-refractivity contribution in [3.8, 4) is 5.88 Å². The van der Waals surface area contributed by atoms with Gasteiger partial charge >= 0.3 is 6.03 Å². The molecule has 2 aromatic rings. The van der Waals surface area contributed by atoms with Crippen LogP contribution in [0, 0.1) is 5.82 Å². The Hall–Kier alpha value is -3.23. The molecule has 0 N–H and O–H groups in total. The number of urea groups is 1. The number of ether oxygens (including phenoxy) is 1. The first-order valence-electron chi connectivity index (χ1n) is 9.13. The average Bonchev–Trinajstić information content (AvgIpc) is 3.31. The number of benzene rings is 1. The number of hydrogen-bond acceptors (Lipinski definition) is 5. The highest BCUT2D eigenvalue weighted by molar-refractivity contribution is 5.96. The third-order valence-electron chi connectivity index (χ3n) is 4.89. The van der Waals surface area contributed by atoms with Crippen LogP contribution in [0.4, 0.5) is 14.9 Å². The fourth-order valence-electron chi connectivity index (χ4n) is 3.45. The van der Waals surface area contributed by atoms with Gasteiger partial charge in [-0.3, -0.25) is 14.7 Å². The van der Waals surface area contributed by atoms with Crippen LogP contribution in [0.1, 0.15) is 6.42 Å². The lowest BCUT2D eigenvalue weighted by Gasteiger charge is -2.22. The van der Waals surface area contributed by atoms with Gasteiger partial charge in [0.05, 0.1) is 18.4 Å². The van der Waals surface area contributed by atoms with Crippen molar-refractivity contribution >= 4 is 17.6 Å². The number of halogens is 1. The number of carbonyl (C=O) groups excluding carboxylic acids is 2. The Morgan fingerprint density at radius 3 is 2.86 bits per heavy atom. The highest BCUT2D eigenvalue weighted by atomic mass is 19.1. The monoisotopic (exact) mass is 385 g/mol. The molecule has 2 fully saturated rings. The Balaban J connectivity index is 1.32. The van der Waals surface area contributed by atoms with Crippen LogP contribution in [-0.4, -0.2) is 70.5 Å². The van der Waals surface area contributed by atoms with Gasteiger partial charge in [0, 0.05) is 38.4 Å². The van der Waals surface area contributed by atoms with Crippen molar-refractivity contribution in [2.24, 2.45) is 0 Å². The first-order chi connectivity index (χ1) is 13.6. The molecule has 2 aliphatic heterocycles. The van der Waals surface area contributed by atoms with Crippen molar-refractivity contribution < 1.29 is 18.7 Å². The molecule has 1 atom stereocenters. The quantitative estimate of drug-likeness (QED) is 0.780. The van der Waals surface area contributed by atoms with Gasteiger partial charge in [-0.05, 0) is 12.1 Å². The van der Waals surface area contributed by atoms with Crippen LogP contribution in [0.3, 0.4) is 0 Å². The predicted octanol–water partition coefficient (Wildman–Crippen LogP) is 1.54. The zero-order chi connectivity index (χ0) is 19.5. The van der Waals surface area contributed by atoms with Gasteiger partial charge in [0.15, 0.2) is 0 Å². The van der Waals surface area contributed by atoms with Gasteiger partial charge in [-0.15, -0.1) is 0 Å². The molecule has 1 aromatic heterocycles. The standard InChI is InChI=1S/C19H20FN5O3/c20-15-3-1-2-4-16(15)25-10-9-24(19(25)27)13-18(26)23-8-5-14(12-23)28-17-11-21-6-7-22-17/h1-4,6-7,11,14H,5,8-10,12-13H2/t14-/m1/s1. The van der Waals surface area contributed by atoms with Gasteiger partial charge < -0.3 is 14.5 Å². The maximum Gasteiger partial charge on any atom is 0.325 e. The second kappa shape index (κ2) is 7.79. The number of hydrogen-bond donors (Lipinski definition) is 0. The predicted molar refractivity (Wildman–Crippen MR) is 98.4 cm³/mol. The molecule has 3 amide bonds. The molecular weight excluding hydrogens is 365 g/mol. The van der Waals surface area contributed by atoms with Crippen LogP contribution in [-0.2, 0) is 4.79 Å². The largest absolute Gasteiger partial charge is 0.471 e. The summed E-state index contributed by atoms with van der Waals surface area (Å²) >= 11 is 0. The molecule has 0 aliphatic carbocycles. The van der Waals surface area contributed by atoms with E-state index in [1.807, 2.05) is 0 Å². The minimum atomic E-state index is -0.451. The van der Waals surface area contributed by atoms with Gasteiger partial charge in [0.25, 0.3) is 0 Å². The molecule has 3 heterocycles. The second-order valence-electron chi connectivity index (χ2n) is 6.72. The Labute approximate surface area is 161 Å². The summed E-state index contributed by atoms with van der Waals surface area (Å²) in [6.07, 6.45) is 5.19. The summed E-state index contributed by atoms with van der Waals surface area (Å²) < 4.78 is 19.7. The fourth-order valence-corrected chi connectivity index (χ4v) is 3.45.